The van der Waals surface area contributed by atoms with Gasteiger partial charge >= 0.3 is 0 Å². The summed E-state index contributed by atoms with van der Waals surface area (Å²) >= 11 is 0. The topological polar surface area (TPSA) is 50.3 Å². The standard InChI is InChI=1S/C22H23FN2O2S/c23-22-11-5-4-10-21(22)12-15-25(18-20-9-6-14-24-17-20)28(26,27)16-13-19-7-2-1-3-8-19/h1-11,14,17H,12-13,15-16,18H2. The summed E-state index contributed by atoms with van der Waals surface area (Å²) in [5, 5.41) is 0. The molecule has 0 aliphatic heterocycles. The van der Waals surface area contributed by atoms with E-state index in [1.54, 1.807) is 36.7 Å². The highest BCUT2D eigenvalue weighted by atomic mass is 32.2. The second-order valence-electron chi connectivity index (χ2n) is 6.59. The van der Waals surface area contributed by atoms with Gasteiger partial charge in [0.15, 0.2) is 0 Å². The molecule has 1 aromatic heterocycles. The van der Waals surface area contributed by atoms with Crippen LogP contribution in [0, 0.1) is 5.82 Å². The highest BCUT2D eigenvalue weighted by molar-refractivity contribution is 7.89. The number of sulfonamides is 1. The van der Waals surface area contributed by atoms with E-state index in [9.17, 15) is 12.8 Å². The predicted octanol–water partition coefficient (Wildman–Crippen LogP) is 3.84. The van der Waals surface area contributed by atoms with Crippen LogP contribution in [0.1, 0.15) is 16.7 Å². The molecule has 3 aromatic rings. The lowest BCUT2D eigenvalue weighted by Gasteiger charge is -2.22. The summed E-state index contributed by atoms with van der Waals surface area (Å²) in [6.07, 6.45) is 4.06. The Kier molecular flexibility index (Phi) is 6.90. The summed E-state index contributed by atoms with van der Waals surface area (Å²) in [7, 11) is -3.52. The first kappa shape index (κ1) is 20.2. The van der Waals surface area contributed by atoms with E-state index < -0.39 is 10.0 Å². The second kappa shape index (κ2) is 9.57. The summed E-state index contributed by atoms with van der Waals surface area (Å²) in [6, 6.07) is 19.6. The molecule has 0 unspecified atom stereocenters. The Balaban J connectivity index is 1.75. The normalized spacial score (nSPS) is 11.6. The third-order valence-corrected chi connectivity index (χ3v) is 6.37. The lowest BCUT2D eigenvalue weighted by Crippen LogP contribution is -2.35. The van der Waals surface area contributed by atoms with E-state index in [1.807, 2.05) is 36.4 Å². The van der Waals surface area contributed by atoms with Gasteiger partial charge in [-0.2, -0.15) is 4.31 Å². The van der Waals surface area contributed by atoms with Crippen molar-refractivity contribution in [3.63, 3.8) is 0 Å². The zero-order valence-electron chi connectivity index (χ0n) is 15.5. The number of hydrogen-bond acceptors (Lipinski definition) is 3. The van der Waals surface area contributed by atoms with E-state index in [0.29, 0.717) is 18.4 Å². The molecule has 0 bridgehead atoms. The van der Waals surface area contributed by atoms with E-state index in [-0.39, 0.29) is 24.7 Å². The molecule has 6 heteroatoms. The molecular weight excluding hydrogens is 375 g/mol. The molecule has 0 aliphatic rings. The molecule has 0 radical (unpaired) electrons. The number of pyridine rings is 1. The molecule has 0 N–H and O–H groups in total. The van der Waals surface area contributed by atoms with Crippen LogP contribution in [0.15, 0.2) is 79.1 Å². The summed E-state index contributed by atoms with van der Waals surface area (Å²) in [5.41, 5.74) is 2.29. The van der Waals surface area contributed by atoms with E-state index in [1.165, 1.54) is 10.4 Å². The van der Waals surface area contributed by atoms with Crippen LogP contribution in [0.25, 0.3) is 0 Å². The quantitative estimate of drug-likeness (QED) is 0.550. The number of halogens is 1. The van der Waals surface area contributed by atoms with Crippen molar-refractivity contribution in [3.8, 4) is 0 Å². The van der Waals surface area contributed by atoms with Gasteiger partial charge in [-0.15, -0.1) is 0 Å². The van der Waals surface area contributed by atoms with Crippen molar-refractivity contribution in [2.75, 3.05) is 12.3 Å². The van der Waals surface area contributed by atoms with Crippen LogP contribution in [-0.2, 0) is 29.4 Å². The number of benzene rings is 2. The first-order valence-electron chi connectivity index (χ1n) is 9.19. The largest absolute Gasteiger partial charge is 0.264 e. The minimum atomic E-state index is -3.52. The van der Waals surface area contributed by atoms with Gasteiger partial charge in [0.25, 0.3) is 0 Å². The fourth-order valence-electron chi connectivity index (χ4n) is 2.98. The smallest absolute Gasteiger partial charge is 0.214 e. The zero-order chi connectivity index (χ0) is 19.8. The Labute approximate surface area is 165 Å². The highest BCUT2D eigenvalue weighted by Gasteiger charge is 2.22. The van der Waals surface area contributed by atoms with Gasteiger partial charge in [-0.1, -0.05) is 54.6 Å². The van der Waals surface area contributed by atoms with Crippen LogP contribution >= 0.6 is 0 Å². The van der Waals surface area contributed by atoms with Crippen LogP contribution in [0.5, 0.6) is 0 Å². The Morgan fingerprint density at radius 2 is 1.57 bits per heavy atom. The summed E-state index contributed by atoms with van der Waals surface area (Å²) in [5.74, 6) is -0.306. The number of hydrogen-bond donors (Lipinski definition) is 0. The lowest BCUT2D eigenvalue weighted by atomic mass is 10.1. The third kappa shape index (κ3) is 5.71. The Morgan fingerprint density at radius 3 is 2.29 bits per heavy atom. The molecule has 3 rings (SSSR count). The number of rotatable bonds is 9. The minimum Gasteiger partial charge on any atom is -0.264 e. The van der Waals surface area contributed by atoms with Crippen LogP contribution in [0.2, 0.25) is 0 Å². The average molecular weight is 399 g/mol. The fourth-order valence-corrected chi connectivity index (χ4v) is 4.45. The van der Waals surface area contributed by atoms with Crippen molar-refractivity contribution in [1.82, 2.24) is 9.29 Å². The van der Waals surface area contributed by atoms with Crippen LogP contribution in [0.4, 0.5) is 4.39 Å². The molecule has 4 nitrogen and oxygen atoms in total. The van der Waals surface area contributed by atoms with Crippen LogP contribution in [0.3, 0.4) is 0 Å². The van der Waals surface area contributed by atoms with Gasteiger partial charge < -0.3 is 0 Å². The van der Waals surface area contributed by atoms with E-state index in [4.69, 9.17) is 0 Å². The van der Waals surface area contributed by atoms with Gasteiger partial charge in [-0.05, 0) is 41.7 Å². The Bertz CT molecular complexity index is 980. The molecule has 2 aromatic carbocycles. The molecule has 146 valence electrons. The third-order valence-electron chi connectivity index (χ3n) is 4.56. The Hall–Kier alpha value is -2.57. The van der Waals surface area contributed by atoms with Crippen molar-refractivity contribution in [2.45, 2.75) is 19.4 Å². The van der Waals surface area contributed by atoms with Crippen LogP contribution in [-0.4, -0.2) is 30.0 Å². The maximum absolute atomic E-state index is 14.0. The van der Waals surface area contributed by atoms with Gasteiger partial charge in [0.1, 0.15) is 5.82 Å². The fraction of sp³-hybridized carbons (Fsp3) is 0.227. The van der Waals surface area contributed by atoms with Gasteiger partial charge in [-0.3, -0.25) is 4.98 Å². The van der Waals surface area contributed by atoms with Crippen molar-refractivity contribution in [2.24, 2.45) is 0 Å². The molecule has 0 fully saturated rings. The van der Waals surface area contributed by atoms with Gasteiger partial charge in [0, 0.05) is 25.5 Å². The van der Waals surface area contributed by atoms with Gasteiger partial charge in [-0.25, -0.2) is 12.8 Å². The van der Waals surface area contributed by atoms with Crippen molar-refractivity contribution < 1.29 is 12.8 Å². The maximum atomic E-state index is 14.0. The molecule has 0 atom stereocenters. The molecule has 0 aliphatic carbocycles. The molecule has 0 amide bonds. The van der Waals surface area contributed by atoms with E-state index in [0.717, 1.165) is 11.1 Å². The maximum Gasteiger partial charge on any atom is 0.214 e. The first-order chi connectivity index (χ1) is 13.5. The highest BCUT2D eigenvalue weighted by Crippen LogP contribution is 2.14. The molecule has 1 heterocycles. The SMILES string of the molecule is O=S(=O)(CCc1ccccc1)N(CCc1ccccc1F)Cc1cccnc1. The summed E-state index contributed by atoms with van der Waals surface area (Å²) < 4.78 is 41.4. The average Bonchev–Trinajstić information content (AvgIpc) is 2.72. The lowest BCUT2D eigenvalue weighted by molar-refractivity contribution is 0.406. The number of aromatic nitrogens is 1. The zero-order valence-corrected chi connectivity index (χ0v) is 16.4. The minimum absolute atomic E-state index is 0.00848. The van der Waals surface area contributed by atoms with Crippen molar-refractivity contribution >= 4 is 10.0 Å². The summed E-state index contributed by atoms with van der Waals surface area (Å²) in [6.45, 7) is 0.437. The molecular formula is C22H23FN2O2S. The summed E-state index contributed by atoms with van der Waals surface area (Å²) in [4.78, 5) is 4.06. The number of nitrogens with zero attached hydrogens (tertiary/aromatic N) is 2. The van der Waals surface area contributed by atoms with Gasteiger partial charge in [0.2, 0.25) is 10.0 Å². The molecule has 0 saturated heterocycles. The number of aryl methyl sites for hydroxylation is 1. The predicted molar refractivity (Wildman–Crippen MR) is 109 cm³/mol. The second-order valence-corrected chi connectivity index (χ2v) is 8.68. The molecule has 28 heavy (non-hydrogen) atoms. The van der Waals surface area contributed by atoms with Crippen LogP contribution < -0.4 is 0 Å². The Morgan fingerprint density at radius 1 is 0.857 bits per heavy atom. The molecule has 0 spiro atoms. The van der Waals surface area contributed by atoms with Crippen molar-refractivity contribution in [1.29, 1.82) is 0 Å². The van der Waals surface area contributed by atoms with Gasteiger partial charge in [0.05, 0.1) is 5.75 Å². The van der Waals surface area contributed by atoms with Crippen molar-refractivity contribution in [3.05, 3.63) is 102 Å². The molecule has 0 saturated carbocycles. The van der Waals surface area contributed by atoms with E-state index in [2.05, 4.69) is 4.98 Å². The first-order valence-corrected chi connectivity index (χ1v) is 10.8. The van der Waals surface area contributed by atoms with E-state index >= 15 is 0 Å². The monoisotopic (exact) mass is 398 g/mol.